The summed E-state index contributed by atoms with van der Waals surface area (Å²) < 4.78 is 21.4. The number of piperidine rings is 1. The van der Waals surface area contributed by atoms with E-state index in [0.29, 0.717) is 30.4 Å². The summed E-state index contributed by atoms with van der Waals surface area (Å²) in [4.78, 5) is 12.8. The van der Waals surface area contributed by atoms with Crippen LogP contribution in [0.3, 0.4) is 0 Å². The maximum absolute atomic E-state index is 12.8. The number of rotatable bonds is 8. The minimum absolute atomic E-state index is 0. The van der Waals surface area contributed by atoms with Gasteiger partial charge in [0.25, 0.3) is 0 Å². The van der Waals surface area contributed by atoms with E-state index in [0.717, 1.165) is 31.5 Å². The van der Waals surface area contributed by atoms with Gasteiger partial charge in [0.05, 0.1) is 33.4 Å². The maximum atomic E-state index is 12.8. The van der Waals surface area contributed by atoms with Gasteiger partial charge in [-0.2, -0.15) is 0 Å². The van der Waals surface area contributed by atoms with Crippen molar-refractivity contribution in [3.05, 3.63) is 17.7 Å². The van der Waals surface area contributed by atoms with Crippen molar-refractivity contribution in [1.29, 1.82) is 0 Å². The summed E-state index contributed by atoms with van der Waals surface area (Å²) in [6.45, 7) is 2.40. The lowest BCUT2D eigenvalue weighted by Crippen LogP contribution is -2.50. The average Bonchev–Trinajstić information content (AvgIpc) is 2.66. The summed E-state index contributed by atoms with van der Waals surface area (Å²) in [6, 6.07) is 3.58. The molecule has 0 aromatic heterocycles. The minimum Gasteiger partial charge on any atom is -0.496 e. The molecule has 0 atom stereocenters. The molecule has 1 aromatic rings. The van der Waals surface area contributed by atoms with E-state index in [9.17, 15) is 4.79 Å². The molecule has 0 radical (unpaired) electrons. The third-order valence-electron chi connectivity index (χ3n) is 4.69. The molecular formula is C18H29ClN2O5. The summed E-state index contributed by atoms with van der Waals surface area (Å²) in [5.74, 6) is 1.83. The number of carbonyl (C=O) groups excluding carboxylic acids is 1. The van der Waals surface area contributed by atoms with Crippen molar-refractivity contribution in [2.75, 3.05) is 48.1 Å². The lowest BCUT2D eigenvalue weighted by atomic mass is 9.78. The van der Waals surface area contributed by atoms with Crippen LogP contribution in [0.15, 0.2) is 12.1 Å². The number of hydrogen-bond acceptors (Lipinski definition) is 6. The second-order valence-electron chi connectivity index (χ2n) is 6.17. The molecule has 0 bridgehead atoms. The van der Waals surface area contributed by atoms with Crippen LogP contribution in [0.1, 0.15) is 18.4 Å². The Bertz CT molecular complexity index is 586. The van der Waals surface area contributed by atoms with Gasteiger partial charge in [-0.1, -0.05) is 0 Å². The number of methoxy groups -OCH3 is 4. The molecule has 1 aliphatic rings. The van der Waals surface area contributed by atoms with Gasteiger partial charge in [0.1, 0.15) is 5.75 Å². The standard InChI is InChI=1S/C18H28N2O5.ClH/c1-22-12-18(5-7-19-8-6-18)17(21)20-11-13-9-15(24-3)16(25-4)10-14(13)23-2;/h9-10,19H,5-8,11-12H2,1-4H3,(H,20,21);1H. The van der Waals surface area contributed by atoms with Crippen molar-refractivity contribution in [2.24, 2.45) is 5.41 Å². The highest BCUT2D eigenvalue weighted by Gasteiger charge is 2.39. The zero-order valence-electron chi connectivity index (χ0n) is 15.8. The largest absolute Gasteiger partial charge is 0.496 e. The number of ether oxygens (including phenoxy) is 4. The van der Waals surface area contributed by atoms with Gasteiger partial charge in [-0.25, -0.2) is 0 Å². The number of amides is 1. The van der Waals surface area contributed by atoms with Crippen LogP contribution in [0.5, 0.6) is 17.2 Å². The molecule has 1 aliphatic heterocycles. The van der Waals surface area contributed by atoms with Crippen LogP contribution in [0.2, 0.25) is 0 Å². The SMILES string of the molecule is COCC1(C(=O)NCc2cc(OC)c(OC)cc2OC)CCNCC1.Cl. The van der Waals surface area contributed by atoms with Crippen LogP contribution in [-0.2, 0) is 16.1 Å². The summed E-state index contributed by atoms with van der Waals surface area (Å²) >= 11 is 0. The van der Waals surface area contributed by atoms with Gasteiger partial charge in [-0.3, -0.25) is 4.79 Å². The van der Waals surface area contributed by atoms with Gasteiger partial charge in [-0.15, -0.1) is 12.4 Å². The first-order valence-corrected chi connectivity index (χ1v) is 8.37. The lowest BCUT2D eigenvalue weighted by molar-refractivity contribution is -0.136. The Morgan fingerprint density at radius 3 is 2.15 bits per heavy atom. The summed E-state index contributed by atoms with van der Waals surface area (Å²) in [6.07, 6.45) is 1.52. The highest BCUT2D eigenvalue weighted by Crippen LogP contribution is 2.35. The molecule has 0 unspecified atom stereocenters. The molecule has 1 heterocycles. The molecule has 2 rings (SSSR count). The topological polar surface area (TPSA) is 78.1 Å². The lowest BCUT2D eigenvalue weighted by Gasteiger charge is -2.35. The highest BCUT2D eigenvalue weighted by atomic mass is 35.5. The van der Waals surface area contributed by atoms with Crippen LogP contribution in [-0.4, -0.2) is 54.0 Å². The van der Waals surface area contributed by atoms with E-state index in [-0.39, 0.29) is 18.3 Å². The molecule has 1 fully saturated rings. The van der Waals surface area contributed by atoms with Crippen molar-refractivity contribution in [1.82, 2.24) is 10.6 Å². The van der Waals surface area contributed by atoms with Gasteiger partial charge in [0.15, 0.2) is 11.5 Å². The second kappa shape index (κ2) is 10.4. The third-order valence-corrected chi connectivity index (χ3v) is 4.69. The van der Waals surface area contributed by atoms with Gasteiger partial charge >= 0.3 is 0 Å². The molecular weight excluding hydrogens is 360 g/mol. The van der Waals surface area contributed by atoms with Crippen molar-refractivity contribution >= 4 is 18.3 Å². The second-order valence-corrected chi connectivity index (χ2v) is 6.17. The molecule has 1 amide bonds. The third kappa shape index (κ3) is 4.93. The number of benzene rings is 1. The fourth-order valence-corrected chi connectivity index (χ4v) is 3.21. The quantitative estimate of drug-likeness (QED) is 0.706. The number of halogens is 1. The van der Waals surface area contributed by atoms with E-state index in [1.54, 1.807) is 34.5 Å². The number of hydrogen-bond donors (Lipinski definition) is 2. The zero-order chi connectivity index (χ0) is 18.3. The molecule has 26 heavy (non-hydrogen) atoms. The van der Waals surface area contributed by atoms with Crippen LogP contribution in [0.4, 0.5) is 0 Å². The molecule has 8 heteroatoms. The van der Waals surface area contributed by atoms with Gasteiger partial charge in [-0.05, 0) is 32.0 Å². The van der Waals surface area contributed by atoms with E-state index < -0.39 is 5.41 Å². The Kier molecular flexibility index (Phi) is 8.98. The van der Waals surface area contributed by atoms with E-state index >= 15 is 0 Å². The average molecular weight is 389 g/mol. The highest BCUT2D eigenvalue weighted by molar-refractivity contribution is 5.85. The summed E-state index contributed by atoms with van der Waals surface area (Å²) in [5.41, 5.74) is 0.346. The van der Waals surface area contributed by atoms with Gasteiger partial charge in [0.2, 0.25) is 5.91 Å². The van der Waals surface area contributed by atoms with Crippen LogP contribution in [0.25, 0.3) is 0 Å². The van der Waals surface area contributed by atoms with Crippen LogP contribution >= 0.6 is 12.4 Å². The molecule has 148 valence electrons. The molecule has 1 aromatic carbocycles. The molecule has 0 aliphatic carbocycles. The Morgan fingerprint density at radius 1 is 1.04 bits per heavy atom. The van der Waals surface area contributed by atoms with Crippen molar-refractivity contribution < 1.29 is 23.7 Å². The monoisotopic (exact) mass is 388 g/mol. The Labute approximate surface area is 161 Å². The van der Waals surface area contributed by atoms with E-state index in [4.69, 9.17) is 18.9 Å². The smallest absolute Gasteiger partial charge is 0.228 e. The first kappa shape index (κ1) is 22.3. The molecule has 0 saturated carbocycles. The fraction of sp³-hybridized carbons (Fsp3) is 0.611. The normalized spacial score (nSPS) is 15.5. The van der Waals surface area contributed by atoms with Crippen molar-refractivity contribution in [3.8, 4) is 17.2 Å². The molecule has 0 spiro atoms. The Balaban J connectivity index is 0.00000338. The Hall–Kier alpha value is -1.70. The summed E-state index contributed by atoms with van der Waals surface area (Å²) in [7, 11) is 6.37. The van der Waals surface area contributed by atoms with E-state index in [1.165, 1.54) is 0 Å². The van der Waals surface area contributed by atoms with Crippen molar-refractivity contribution in [2.45, 2.75) is 19.4 Å². The predicted molar refractivity (Wildman–Crippen MR) is 102 cm³/mol. The summed E-state index contributed by atoms with van der Waals surface area (Å²) in [5, 5.41) is 6.32. The fourth-order valence-electron chi connectivity index (χ4n) is 3.21. The minimum atomic E-state index is -0.482. The Morgan fingerprint density at radius 2 is 1.62 bits per heavy atom. The molecule has 1 saturated heterocycles. The maximum Gasteiger partial charge on any atom is 0.228 e. The molecule has 7 nitrogen and oxygen atoms in total. The predicted octanol–water partition coefficient (Wildman–Crippen LogP) is 1.77. The first-order valence-electron chi connectivity index (χ1n) is 8.37. The van der Waals surface area contributed by atoms with Crippen molar-refractivity contribution in [3.63, 3.8) is 0 Å². The van der Waals surface area contributed by atoms with E-state index in [1.807, 2.05) is 6.07 Å². The van der Waals surface area contributed by atoms with Gasteiger partial charge < -0.3 is 29.6 Å². The van der Waals surface area contributed by atoms with Gasteiger partial charge in [0, 0.05) is 25.3 Å². The van der Waals surface area contributed by atoms with Crippen LogP contribution < -0.4 is 24.8 Å². The van der Waals surface area contributed by atoms with E-state index in [2.05, 4.69) is 10.6 Å². The van der Waals surface area contributed by atoms with Crippen LogP contribution in [0, 0.1) is 5.41 Å². The number of carbonyl (C=O) groups is 1. The number of nitrogens with one attached hydrogen (secondary N) is 2. The first-order chi connectivity index (χ1) is 12.1. The zero-order valence-corrected chi connectivity index (χ0v) is 16.7. The molecule has 2 N–H and O–H groups in total.